The molecule has 0 bridgehead atoms. The van der Waals surface area contributed by atoms with Crippen LogP contribution in [0.15, 0.2) is 39.4 Å². The Morgan fingerprint density at radius 2 is 2.16 bits per heavy atom. The number of nitrogens with zero attached hydrogens (tertiary/aromatic N) is 1. The molecular weight excluding hydrogens is 304 g/mol. The van der Waals surface area contributed by atoms with Gasteiger partial charge in [0.05, 0.1) is 6.04 Å². The number of anilines is 1. The summed E-state index contributed by atoms with van der Waals surface area (Å²) in [4.78, 5) is 2.41. The number of rotatable bonds is 2. The highest BCUT2D eigenvalue weighted by Crippen LogP contribution is 2.31. The minimum absolute atomic E-state index is 0.263. The largest absolute Gasteiger partial charge is 0.453 e. The van der Waals surface area contributed by atoms with Gasteiger partial charge in [0.15, 0.2) is 4.67 Å². The third-order valence-electron chi connectivity index (χ3n) is 3.89. The molecular formula is C15H17BrN2O. The van der Waals surface area contributed by atoms with Crippen molar-refractivity contribution >= 4 is 21.6 Å². The lowest BCUT2D eigenvalue weighted by Gasteiger charge is -2.33. The van der Waals surface area contributed by atoms with Crippen LogP contribution in [-0.2, 0) is 13.0 Å². The van der Waals surface area contributed by atoms with Crippen molar-refractivity contribution in [2.45, 2.75) is 25.9 Å². The molecule has 2 aromatic rings. The van der Waals surface area contributed by atoms with Gasteiger partial charge in [0.1, 0.15) is 5.76 Å². The summed E-state index contributed by atoms with van der Waals surface area (Å²) in [6, 6.07) is 10.4. The minimum Gasteiger partial charge on any atom is -0.453 e. The number of furan rings is 1. The number of fused-ring (bicyclic) bond motifs is 1. The molecule has 0 amide bonds. The number of hydrogen-bond acceptors (Lipinski definition) is 3. The van der Waals surface area contributed by atoms with Crippen LogP contribution in [0.4, 0.5) is 5.69 Å². The van der Waals surface area contributed by atoms with Crippen LogP contribution in [0.2, 0.25) is 0 Å². The van der Waals surface area contributed by atoms with Crippen LogP contribution < -0.4 is 5.73 Å². The smallest absolute Gasteiger partial charge is 0.169 e. The average Bonchev–Trinajstić information content (AvgIpc) is 2.85. The summed E-state index contributed by atoms with van der Waals surface area (Å²) >= 11 is 3.36. The van der Waals surface area contributed by atoms with Gasteiger partial charge in [0.2, 0.25) is 0 Å². The zero-order valence-electron chi connectivity index (χ0n) is 10.9. The molecule has 2 heterocycles. The van der Waals surface area contributed by atoms with E-state index in [0.29, 0.717) is 0 Å². The first-order chi connectivity index (χ1) is 9.15. The maximum Gasteiger partial charge on any atom is 0.169 e. The van der Waals surface area contributed by atoms with Crippen molar-refractivity contribution in [1.82, 2.24) is 4.90 Å². The molecule has 100 valence electrons. The third-order valence-corrected chi connectivity index (χ3v) is 4.32. The molecule has 0 saturated carbocycles. The molecule has 0 radical (unpaired) electrons. The molecule has 1 aliphatic rings. The van der Waals surface area contributed by atoms with Gasteiger partial charge in [-0.05, 0) is 58.6 Å². The molecule has 1 aliphatic heterocycles. The standard InChI is InChI=1S/C15H17BrN2O/c1-10(14-5-6-15(16)19-14)18-8-7-11-3-2-4-13(17)12(11)9-18/h2-6,10H,7-9,17H2,1H3. The van der Waals surface area contributed by atoms with E-state index < -0.39 is 0 Å². The summed E-state index contributed by atoms with van der Waals surface area (Å²) < 4.78 is 6.44. The molecule has 0 saturated heterocycles. The van der Waals surface area contributed by atoms with Gasteiger partial charge in [-0.25, -0.2) is 0 Å². The van der Waals surface area contributed by atoms with E-state index in [1.807, 2.05) is 24.3 Å². The van der Waals surface area contributed by atoms with E-state index in [1.54, 1.807) is 0 Å². The van der Waals surface area contributed by atoms with Crippen molar-refractivity contribution in [3.05, 3.63) is 51.9 Å². The summed E-state index contributed by atoms with van der Waals surface area (Å²) in [5.41, 5.74) is 9.64. The van der Waals surface area contributed by atoms with Crippen LogP contribution in [0.5, 0.6) is 0 Å². The van der Waals surface area contributed by atoms with Crippen molar-refractivity contribution in [3.8, 4) is 0 Å². The van der Waals surface area contributed by atoms with Crippen molar-refractivity contribution in [2.75, 3.05) is 12.3 Å². The molecule has 19 heavy (non-hydrogen) atoms. The average molecular weight is 321 g/mol. The Kier molecular flexibility index (Phi) is 3.37. The van der Waals surface area contributed by atoms with Crippen LogP contribution >= 0.6 is 15.9 Å². The highest BCUT2D eigenvalue weighted by Gasteiger charge is 2.24. The molecule has 1 aromatic heterocycles. The number of hydrogen-bond donors (Lipinski definition) is 1. The predicted octanol–water partition coefficient (Wildman–Crippen LogP) is 3.74. The van der Waals surface area contributed by atoms with E-state index in [4.69, 9.17) is 10.2 Å². The summed E-state index contributed by atoms with van der Waals surface area (Å²) in [6.07, 6.45) is 1.05. The van der Waals surface area contributed by atoms with Crippen molar-refractivity contribution in [3.63, 3.8) is 0 Å². The van der Waals surface area contributed by atoms with Crippen LogP contribution in [0, 0.1) is 0 Å². The summed E-state index contributed by atoms with van der Waals surface area (Å²) in [6.45, 7) is 4.10. The predicted molar refractivity (Wildman–Crippen MR) is 79.8 cm³/mol. The Morgan fingerprint density at radius 3 is 2.89 bits per heavy atom. The van der Waals surface area contributed by atoms with E-state index in [0.717, 1.165) is 35.6 Å². The van der Waals surface area contributed by atoms with Gasteiger partial charge < -0.3 is 10.2 Å². The fraction of sp³-hybridized carbons (Fsp3) is 0.333. The number of nitrogen functional groups attached to an aromatic ring is 1. The molecule has 2 N–H and O–H groups in total. The SMILES string of the molecule is CC(c1ccc(Br)o1)N1CCc2cccc(N)c2C1. The van der Waals surface area contributed by atoms with Crippen LogP contribution in [0.25, 0.3) is 0 Å². The monoisotopic (exact) mass is 320 g/mol. The molecule has 4 heteroatoms. The van der Waals surface area contributed by atoms with E-state index in [9.17, 15) is 0 Å². The summed E-state index contributed by atoms with van der Waals surface area (Å²) in [5, 5.41) is 0. The van der Waals surface area contributed by atoms with Gasteiger partial charge in [0, 0.05) is 18.8 Å². The second kappa shape index (κ2) is 5.02. The molecule has 3 rings (SSSR count). The van der Waals surface area contributed by atoms with E-state index in [-0.39, 0.29) is 6.04 Å². The maximum absolute atomic E-state index is 6.09. The number of halogens is 1. The maximum atomic E-state index is 6.09. The normalized spacial score (nSPS) is 17.2. The zero-order chi connectivity index (χ0) is 13.4. The van der Waals surface area contributed by atoms with Gasteiger partial charge in [-0.3, -0.25) is 4.90 Å². The Bertz CT molecular complexity index is 594. The summed E-state index contributed by atoms with van der Waals surface area (Å²) in [7, 11) is 0. The Hall–Kier alpha value is -1.26. The van der Waals surface area contributed by atoms with Gasteiger partial charge >= 0.3 is 0 Å². The fourth-order valence-electron chi connectivity index (χ4n) is 2.69. The highest BCUT2D eigenvalue weighted by molar-refractivity contribution is 9.10. The second-order valence-electron chi connectivity index (χ2n) is 5.02. The zero-order valence-corrected chi connectivity index (χ0v) is 12.5. The highest BCUT2D eigenvalue weighted by atomic mass is 79.9. The molecule has 0 fully saturated rings. The molecule has 0 aliphatic carbocycles. The lowest BCUT2D eigenvalue weighted by atomic mass is 9.97. The van der Waals surface area contributed by atoms with Crippen LogP contribution in [-0.4, -0.2) is 11.4 Å². The molecule has 1 atom stereocenters. The quantitative estimate of drug-likeness (QED) is 0.857. The van der Waals surface area contributed by atoms with Crippen LogP contribution in [0.1, 0.15) is 29.9 Å². The first kappa shape index (κ1) is 12.8. The first-order valence-corrected chi connectivity index (χ1v) is 7.30. The van der Waals surface area contributed by atoms with Crippen LogP contribution in [0.3, 0.4) is 0 Å². The summed E-state index contributed by atoms with van der Waals surface area (Å²) in [5.74, 6) is 0.991. The topological polar surface area (TPSA) is 42.4 Å². The lowest BCUT2D eigenvalue weighted by molar-refractivity contribution is 0.170. The molecule has 3 nitrogen and oxygen atoms in total. The Morgan fingerprint density at radius 1 is 1.32 bits per heavy atom. The molecule has 0 spiro atoms. The lowest BCUT2D eigenvalue weighted by Crippen LogP contribution is -2.33. The van der Waals surface area contributed by atoms with E-state index in [2.05, 4.69) is 33.8 Å². The third kappa shape index (κ3) is 2.42. The van der Waals surface area contributed by atoms with E-state index in [1.165, 1.54) is 11.1 Å². The Balaban J connectivity index is 1.83. The van der Waals surface area contributed by atoms with Crippen molar-refractivity contribution < 1.29 is 4.42 Å². The molecule has 1 aromatic carbocycles. The van der Waals surface area contributed by atoms with Gasteiger partial charge in [-0.15, -0.1) is 0 Å². The second-order valence-corrected chi connectivity index (χ2v) is 5.80. The number of nitrogens with two attached hydrogens (primary N) is 1. The first-order valence-electron chi connectivity index (χ1n) is 6.50. The minimum atomic E-state index is 0.263. The van der Waals surface area contributed by atoms with Crippen molar-refractivity contribution in [2.24, 2.45) is 0 Å². The van der Waals surface area contributed by atoms with E-state index >= 15 is 0 Å². The van der Waals surface area contributed by atoms with Gasteiger partial charge in [0.25, 0.3) is 0 Å². The fourth-order valence-corrected chi connectivity index (χ4v) is 3.01. The van der Waals surface area contributed by atoms with Gasteiger partial charge in [-0.2, -0.15) is 0 Å². The number of benzene rings is 1. The molecule has 1 unspecified atom stereocenters. The Labute approximate surface area is 121 Å². The van der Waals surface area contributed by atoms with Crippen molar-refractivity contribution in [1.29, 1.82) is 0 Å². The van der Waals surface area contributed by atoms with Gasteiger partial charge in [-0.1, -0.05) is 12.1 Å².